The van der Waals surface area contributed by atoms with E-state index in [0.717, 1.165) is 12.5 Å². The summed E-state index contributed by atoms with van der Waals surface area (Å²) in [5, 5.41) is 0. The van der Waals surface area contributed by atoms with Gasteiger partial charge in [0.1, 0.15) is 0 Å². The summed E-state index contributed by atoms with van der Waals surface area (Å²) in [7, 11) is 2.77. The maximum absolute atomic E-state index is 5.44. The highest BCUT2D eigenvalue weighted by Crippen LogP contribution is 2.18. The van der Waals surface area contributed by atoms with E-state index in [2.05, 4.69) is 6.92 Å². The van der Waals surface area contributed by atoms with Gasteiger partial charge in [0.2, 0.25) is 0 Å². The number of hydrogen-bond acceptors (Lipinski definition) is 3. The molecule has 0 spiro atoms. The molecule has 0 N–H and O–H groups in total. The molecule has 0 heterocycles. The van der Waals surface area contributed by atoms with Gasteiger partial charge in [-0.2, -0.15) is 0 Å². The van der Waals surface area contributed by atoms with Gasteiger partial charge in [-0.3, -0.25) is 0 Å². The van der Waals surface area contributed by atoms with Gasteiger partial charge in [-0.25, -0.2) is 0 Å². The fraction of sp³-hybridized carbons (Fsp3) is 1.00. The zero-order valence-corrected chi connectivity index (χ0v) is 17.3. The van der Waals surface area contributed by atoms with Gasteiger partial charge >= 0.3 is 8.80 Å². The van der Waals surface area contributed by atoms with Crippen molar-refractivity contribution in [2.75, 3.05) is 21.3 Å². The van der Waals surface area contributed by atoms with Crippen molar-refractivity contribution in [3.63, 3.8) is 0 Å². The second-order valence-corrected chi connectivity index (χ2v) is 9.73. The van der Waals surface area contributed by atoms with Gasteiger partial charge in [0.05, 0.1) is 0 Å². The lowest BCUT2D eigenvalue weighted by Crippen LogP contribution is -2.42. The van der Waals surface area contributed by atoms with E-state index in [1.165, 1.54) is 83.5 Å². The van der Waals surface area contributed by atoms with Crippen LogP contribution in [-0.2, 0) is 13.3 Å². The summed E-state index contributed by atoms with van der Waals surface area (Å²) in [5.74, 6) is 0. The molecule has 0 saturated carbocycles. The molecule has 23 heavy (non-hydrogen) atoms. The molecule has 0 bridgehead atoms. The molecule has 0 aliphatic carbocycles. The molecule has 3 nitrogen and oxygen atoms in total. The summed E-state index contributed by atoms with van der Waals surface area (Å²) in [5.41, 5.74) is 0. The van der Waals surface area contributed by atoms with Crippen LogP contribution in [0.25, 0.3) is 0 Å². The summed E-state index contributed by atoms with van der Waals surface area (Å²) < 4.78 is 16.3. The lowest BCUT2D eigenvalue weighted by atomic mass is 10.0. The van der Waals surface area contributed by atoms with E-state index in [1.807, 2.05) is 0 Å². The molecular formula is C19H42O3Si. The van der Waals surface area contributed by atoms with E-state index in [4.69, 9.17) is 13.3 Å². The molecule has 0 aliphatic heterocycles. The van der Waals surface area contributed by atoms with Crippen LogP contribution < -0.4 is 0 Å². The summed E-state index contributed by atoms with van der Waals surface area (Å²) in [4.78, 5) is 0. The van der Waals surface area contributed by atoms with Crippen molar-refractivity contribution in [2.45, 2.75) is 103 Å². The Morgan fingerprint density at radius 2 is 0.783 bits per heavy atom. The van der Waals surface area contributed by atoms with Crippen LogP contribution in [0, 0.1) is 0 Å². The fourth-order valence-electron chi connectivity index (χ4n) is 3.09. The zero-order valence-electron chi connectivity index (χ0n) is 16.3. The smallest absolute Gasteiger partial charge is 0.377 e. The zero-order chi connectivity index (χ0) is 17.2. The van der Waals surface area contributed by atoms with Crippen LogP contribution in [0.3, 0.4) is 0 Å². The average molecular weight is 347 g/mol. The standard InChI is InChI=1S/C19H42O3Si/c1-5-6-7-8-9-10-11-12-13-14-15-16-17-18-19-23(20-2,21-3)22-4/h5-19H2,1-4H3. The number of unbranched alkanes of at least 4 members (excludes halogenated alkanes) is 13. The summed E-state index contributed by atoms with van der Waals surface area (Å²) >= 11 is 0. The van der Waals surface area contributed by atoms with E-state index in [-0.39, 0.29) is 0 Å². The first-order chi connectivity index (χ1) is 11.2. The maximum Gasteiger partial charge on any atom is 0.500 e. The second-order valence-electron chi connectivity index (χ2n) is 6.64. The lowest BCUT2D eigenvalue weighted by Gasteiger charge is -2.24. The van der Waals surface area contributed by atoms with Crippen molar-refractivity contribution >= 4 is 8.80 Å². The summed E-state index contributed by atoms with van der Waals surface area (Å²) in [6.45, 7) is 2.28. The van der Waals surface area contributed by atoms with Crippen molar-refractivity contribution in [1.29, 1.82) is 0 Å². The molecule has 0 atom stereocenters. The highest BCUT2D eigenvalue weighted by Gasteiger charge is 2.36. The Bertz CT molecular complexity index is 224. The topological polar surface area (TPSA) is 27.7 Å². The Morgan fingerprint density at radius 1 is 0.478 bits per heavy atom. The third-order valence-corrected chi connectivity index (χ3v) is 7.60. The third kappa shape index (κ3) is 13.1. The maximum atomic E-state index is 5.44. The third-order valence-electron chi connectivity index (χ3n) is 4.77. The molecule has 0 rings (SSSR count). The molecule has 0 aromatic heterocycles. The van der Waals surface area contributed by atoms with Crippen LogP contribution in [0.5, 0.6) is 0 Å². The fourth-order valence-corrected chi connectivity index (χ4v) is 4.89. The minimum atomic E-state index is -2.32. The highest BCUT2D eigenvalue weighted by atomic mass is 28.4. The van der Waals surface area contributed by atoms with Gasteiger partial charge in [-0.05, 0) is 6.42 Å². The molecule has 0 unspecified atom stereocenters. The van der Waals surface area contributed by atoms with Crippen LogP contribution in [0.15, 0.2) is 0 Å². The minimum Gasteiger partial charge on any atom is -0.377 e. The molecule has 0 radical (unpaired) electrons. The quantitative estimate of drug-likeness (QED) is 0.214. The lowest BCUT2D eigenvalue weighted by molar-refractivity contribution is 0.122. The van der Waals surface area contributed by atoms with Crippen LogP contribution in [0.2, 0.25) is 6.04 Å². The van der Waals surface area contributed by atoms with Crippen molar-refractivity contribution in [3.8, 4) is 0 Å². The Balaban J connectivity index is 3.25. The van der Waals surface area contributed by atoms with Crippen LogP contribution in [0.1, 0.15) is 96.8 Å². The van der Waals surface area contributed by atoms with Gasteiger partial charge in [0, 0.05) is 27.4 Å². The monoisotopic (exact) mass is 346 g/mol. The van der Waals surface area contributed by atoms with Crippen molar-refractivity contribution in [1.82, 2.24) is 0 Å². The molecule has 0 aromatic carbocycles. The molecule has 0 amide bonds. The van der Waals surface area contributed by atoms with Gasteiger partial charge in [-0.15, -0.1) is 0 Å². The Labute approximate surface area is 146 Å². The molecule has 0 saturated heterocycles. The van der Waals surface area contributed by atoms with Crippen molar-refractivity contribution in [2.24, 2.45) is 0 Å². The second kappa shape index (κ2) is 16.9. The first-order valence-corrected chi connectivity index (χ1v) is 11.8. The Kier molecular flexibility index (Phi) is 17.0. The van der Waals surface area contributed by atoms with E-state index in [0.29, 0.717) is 0 Å². The van der Waals surface area contributed by atoms with E-state index < -0.39 is 8.80 Å². The van der Waals surface area contributed by atoms with Gasteiger partial charge in [0.15, 0.2) is 0 Å². The molecular weight excluding hydrogens is 304 g/mol. The van der Waals surface area contributed by atoms with Crippen molar-refractivity contribution < 1.29 is 13.3 Å². The molecule has 0 fully saturated rings. The predicted molar refractivity (Wildman–Crippen MR) is 102 cm³/mol. The molecule has 4 heteroatoms. The number of hydrogen-bond donors (Lipinski definition) is 0. The normalized spacial score (nSPS) is 12.0. The predicted octanol–water partition coefficient (Wildman–Crippen LogP) is 6.35. The number of rotatable bonds is 18. The summed E-state index contributed by atoms with van der Waals surface area (Å²) in [6.07, 6.45) is 19.4. The molecule has 0 aromatic rings. The largest absolute Gasteiger partial charge is 0.500 e. The van der Waals surface area contributed by atoms with Crippen LogP contribution in [-0.4, -0.2) is 30.1 Å². The van der Waals surface area contributed by atoms with Crippen LogP contribution in [0.4, 0.5) is 0 Å². The minimum absolute atomic E-state index is 0.939. The Morgan fingerprint density at radius 3 is 1.09 bits per heavy atom. The SMILES string of the molecule is CCCCCCCCCCCCCCCC[Si](OC)(OC)OC. The first-order valence-electron chi connectivity index (χ1n) is 9.90. The van der Waals surface area contributed by atoms with Gasteiger partial charge < -0.3 is 13.3 Å². The Hall–Kier alpha value is 0.0969. The molecule has 0 aliphatic rings. The first kappa shape index (κ1) is 23.1. The highest BCUT2D eigenvalue weighted by molar-refractivity contribution is 6.60. The van der Waals surface area contributed by atoms with E-state index in [9.17, 15) is 0 Å². The van der Waals surface area contributed by atoms with Crippen molar-refractivity contribution in [3.05, 3.63) is 0 Å². The van der Waals surface area contributed by atoms with Crippen LogP contribution >= 0.6 is 0 Å². The van der Waals surface area contributed by atoms with E-state index in [1.54, 1.807) is 21.3 Å². The molecule has 140 valence electrons. The van der Waals surface area contributed by atoms with E-state index >= 15 is 0 Å². The average Bonchev–Trinajstić information content (AvgIpc) is 2.59. The summed E-state index contributed by atoms with van der Waals surface area (Å²) in [6, 6.07) is 0.939. The van der Waals surface area contributed by atoms with Gasteiger partial charge in [0.25, 0.3) is 0 Å². The van der Waals surface area contributed by atoms with Gasteiger partial charge in [-0.1, -0.05) is 90.4 Å².